The monoisotopic (exact) mass is 342 g/mol. The first-order valence-corrected chi connectivity index (χ1v) is 8.40. The van der Waals surface area contributed by atoms with E-state index < -0.39 is 0 Å². The van der Waals surface area contributed by atoms with E-state index in [1.165, 1.54) is 5.56 Å². The van der Waals surface area contributed by atoms with E-state index in [9.17, 15) is 4.79 Å². The van der Waals surface area contributed by atoms with Gasteiger partial charge in [0.25, 0.3) is 0 Å². The van der Waals surface area contributed by atoms with E-state index in [-0.39, 0.29) is 6.09 Å². The number of ether oxygens (including phenoxy) is 1. The predicted molar refractivity (Wildman–Crippen MR) is 94.4 cm³/mol. The van der Waals surface area contributed by atoms with Crippen molar-refractivity contribution in [3.63, 3.8) is 0 Å². The first-order chi connectivity index (χ1) is 12.3. The molecule has 2 aromatic rings. The van der Waals surface area contributed by atoms with Crippen molar-refractivity contribution >= 4 is 17.9 Å². The standard InChI is InChI=1S/C17H22N6O2/c1-2-25-17(24)23-10-8-22(9-11-23)16-20-15(13-19-21-16)18-12-14-6-4-3-5-7-14/h3-7,13H,2,8-12H2,1H3,(H,18,20,21). The molecule has 1 amide bonds. The third kappa shape index (κ3) is 4.56. The second-order valence-corrected chi connectivity index (χ2v) is 5.65. The number of hydrogen-bond donors (Lipinski definition) is 1. The van der Waals surface area contributed by atoms with Crippen LogP contribution in [-0.2, 0) is 11.3 Å². The molecule has 1 saturated heterocycles. The minimum Gasteiger partial charge on any atom is -0.450 e. The minimum absolute atomic E-state index is 0.264. The number of piperazine rings is 1. The Morgan fingerprint density at radius 1 is 1.20 bits per heavy atom. The largest absolute Gasteiger partial charge is 0.450 e. The zero-order valence-electron chi connectivity index (χ0n) is 14.3. The highest BCUT2D eigenvalue weighted by atomic mass is 16.6. The lowest BCUT2D eigenvalue weighted by Gasteiger charge is -2.33. The summed E-state index contributed by atoms with van der Waals surface area (Å²) in [5, 5.41) is 11.4. The highest BCUT2D eigenvalue weighted by molar-refractivity contribution is 5.68. The summed E-state index contributed by atoms with van der Waals surface area (Å²) in [7, 11) is 0. The number of aromatic nitrogens is 3. The summed E-state index contributed by atoms with van der Waals surface area (Å²) in [4.78, 5) is 20.0. The van der Waals surface area contributed by atoms with Gasteiger partial charge in [0, 0.05) is 32.7 Å². The van der Waals surface area contributed by atoms with Crippen LogP contribution < -0.4 is 10.2 Å². The Morgan fingerprint density at radius 2 is 1.96 bits per heavy atom. The fraction of sp³-hybridized carbons (Fsp3) is 0.412. The molecular formula is C17H22N6O2. The molecule has 1 N–H and O–H groups in total. The first kappa shape index (κ1) is 16.9. The van der Waals surface area contributed by atoms with E-state index in [4.69, 9.17) is 4.74 Å². The van der Waals surface area contributed by atoms with E-state index in [0.717, 1.165) is 0 Å². The van der Waals surface area contributed by atoms with Crippen molar-refractivity contribution in [1.29, 1.82) is 0 Å². The van der Waals surface area contributed by atoms with Crippen LogP contribution in [0.3, 0.4) is 0 Å². The lowest BCUT2D eigenvalue weighted by atomic mass is 10.2. The third-order valence-corrected chi connectivity index (χ3v) is 3.95. The van der Waals surface area contributed by atoms with Gasteiger partial charge in [-0.15, -0.1) is 5.10 Å². The Bertz CT molecular complexity index is 689. The Labute approximate surface area is 146 Å². The van der Waals surface area contributed by atoms with E-state index in [2.05, 4.69) is 32.6 Å². The molecule has 0 atom stereocenters. The molecule has 1 aromatic heterocycles. The van der Waals surface area contributed by atoms with Crippen molar-refractivity contribution in [1.82, 2.24) is 20.1 Å². The molecule has 132 valence electrons. The van der Waals surface area contributed by atoms with Gasteiger partial charge in [-0.2, -0.15) is 10.1 Å². The van der Waals surface area contributed by atoms with Crippen LogP contribution in [-0.4, -0.2) is 59.0 Å². The zero-order chi connectivity index (χ0) is 17.5. The summed E-state index contributed by atoms with van der Waals surface area (Å²) in [6, 6.07) is 10.1. The molecule has 1 fully saturated rings. The highest BCUT2D eigenvalue weighted by Gasteiger charge is 2.23. The van der Waals surface area contributed by atoms with Crippen LogP contribution >= 0.6 is 0 Å². The lowest BCUT2D eigenvalue weighted by Crippen LogP contribution is -2.49. The van der Waals surface area contributed by atoms with Crippen molar-refractivity contribution in [3.8, 4) is 0 Å². The molecule has 1 aliphatic heterocycles. The topological polar surface area (TPSA) is 83.5 Å². The number of hydrogen-bond acceptors (Lipinski definition) is 7. The predicted octanol–water partition coefficient (Wildman–Crippen LogP) is 1.76. The van der Waals surface area contributed by atoms with Crippen molar-refractivity contribution in [3.05, 3.63) is 42.1 Å². The van der Waals surface area contributed by atoms with E-state index in [1.807, 2.05) is 30.0 Å². The number of carbonyl (C=O) groups is 1. The van der Waals surface area contributed by atoms with Gasteiger partial charge in [0.05, 0.1) is 12.8 Å². The Morgan fingerprint density at radius 3 is 2.68 bits per heavy atom. The average molecular weight is 342 g/mol. The highest BCUT2D eigenvalue weighted by Crippen LogP contribution is 2.13. The van der Waals surface area contributed by atoms with Gasteiger partial charge in [-0.1, -0.05) is 30.3 Å². The van der Waals surface area contributed by atoms with Crippen LogP contribution in [0.15, 0.2) is 36.5 Å². The molecule has 8 nitrogen and oxygen atoms in total. The van der Waals surface area contributed by atoms with Crippen LogP contribution in [0.1, 0.15) is 12.5 Å². The summed E-state index contributed by atoms with van der Waals surface area (Å²) in [5.74, 6) is 1.25. The maximum Gasteiger partial charge on any atom is 0.409 e. The number of nitrogens with zero attached hydrogens (tertiary/aromatic N) is 5. The molecule has 0 unspecified atom stereocenters. The van der Waals surface area contributed by atoms with Gasteiger partial charge in [-0.05, 0) is 12.5 Å². The number of rotatable bonds is 5. The van der Waals surface area contributed by atoms with E-state index >= 15 is 0 Å². The van der Waals surface area contributed by atoms with Crippen molar-refractivity contribution in [2.75, 3.05) is 43.0 Å². The van der Waals surface area contributed by atoms with Crippen LogP contribution in [0.25, 0.3) is 0 Å². The average Bonchev–Trinajstić information content (AvgIpc) is 2.68. The van der Waals surface area contributed by atoms with Gasteiger partial charge < -0.3 is 19.9 Å². The quantitative estimate of drug-likeness (QED) is 0.886. The molecule has 25 heavy (non-hydrogen) atoms. The third-order valence-electron chi connectivity index (χ3n) is 3.95. The molecule has 1 aliphatic rings. The zero-order valence-corrected chi connectivity index (χ0v) is 14.3. The summed E-state index contributed by atoms with van der Waals surface area (Å²) in [6.45, 7) is 5.36. The number of benzene rings is 1. The number of carbonyl (C=O) groups excluding carboxylic acids is 1. The molecule has 0 saturated carbocycles. The number of amides is 1. The smallest absolute Gasteiger partial charge is 0.409 e. The fourth-order valence-corrected chi connectivity index (χ4v) is 2.61. The Kier molecular flexibility index (Phi) is 5.61. The molecule has 0 spiro atoms. The molecule has 0 aliphatic carbocycles. The van der Waals surface area contributed by atoms with Gasteiger partial charge in [-0.3, -0.25) is 0 Å². The second-order valence-electron chi connectivity index (χ2n) is 5.65. The first-order valence-electron chi connectivity index (χ1n) is 8.40. The Hall–Kier alpha value is -2.90. The van der Waals surface area contributed by atoms with Gasteiger partial charge in [0.15, 0.2) is 5.82 Å². The Balaban J connectivity index is 1.56. The second kappa shape index (κ2) is 8.27. The minimum atomic E-state index is -0.264. The van der Waals surface area contributed by atoms with E-state index in [1.54, 1.807) is 11.1 Å². The molecule has 2 heterocycles. The van der Waals surface area contributed by atoms with E-state index in [0.29, 0.717) is 51.1 Å². The number of anilines is 2. The molecular weight excluding hydrogens is 320 g/mol. The molecule has 8 heteroatoms. The fourth-order valence-electron chi connectivity index (χ4n) is 2.61. The van der Waals surface area contributed by atoms with Crippen LogP contribution in [0.2, 0.25) is 0 Å². The van der Waals surface area contributed by atoms with Gasteiger partial charge in [0.2, 0.25) is 5.95 Å². The van der Waals surface area contributed by atoms with Gasteiger partial charge >= 0.3 is 6.09 Å². The maximum atomic E-state index is 11.7. The molecule has 1 aromatic carbocycles. The van der Waals surface area contributed by atoms with Gasteiger partial charge in [-0.25, -0.2) is 4.79 Å². The normalized spacial score (nSPS) is 14.3. The summed E-state index contributed by atoms with van der Waals surface area (Å²) < 4.78 is 5.03. The van der Waals surface area contributed by atoms with Gasteiger partial charge in [0.1, 0.15) is 0 Å². The summed E-state index contributed by atoms with van der Waals surface area (Å²) in [5.41, 5.74) is 1.17. The van der Waals surface area contributed by atoms with Crippen LogP contribution in [0.5, 0.6) is 0 Å². The van der Waals surface area contributed by atoms with Crippen molar-refractivity contribution < 1.29 is 9.53 Å². The lowest BCUT2D eigenvalue weighted by molar-refractivity contribution is 0.105. The van der Waals surface area contributed by atoms with Crippen LogP contribution in [0.4, 0.5) is 16.6 Å². The molecule has 0 bridgehead atoms. The number of nitrogens with one attached hydrogen (secondary N) is 1. The van der Waals surface area contributed by atoms with Crippen molar-refractivity contribution in [2.24, 2.45) is 0 Å². The molecule has 3 rings (SSSR count). The van der Waals surface area contributed by atoms with Crippen molar-refractivity contribution in [2.45, 2.75) is 13.5 Å². The summed E-state index contributed by atoms with van der Waals surface area (Å²) >= 11 is 0. The van der Waals surface area contributed by atoms with Crippen LogP contribution in [0, 0.1) is 0 Å². The SMILES string of the molecule is CCOC(=O)N1CCN(c2nncc(NCc3ccccc3)n2)CC1. The maximum absolute atomic E-state index is 11.7. The molecule has 0 radical (unpaired) electrons. The summed E-state index contributed by atoms with van der Waals surface area (Å²) in [6.07, 6.45) is 1.35.